The third kappa shape index (κ3) is 1.86. The maximum Gasteiger partial charge on any atom is 0.302 e. The Morgan fingerprint density at radius 2 is 1.33 bits per heavy atom. The van der Waals surface area contributed by atoms with Crippen LogP contribution in [0.1, 0.15) is 6.92 Å². The number of allylic oxidation sites excluding steroid dienone is 8. The van der Waals surface area contributed by atoms with E-state index in [-0.39, 0.29) is 5.97 Å². The molecule has 0 aromatic rings. The summed E-state index contributed by atoms with van der Waals surface area (Å²) in [5.74, 6) is 2.34. The molecule has 18 heavy (non-hydrogen) atoms. The van der Waals surface area contributed by atoms with E-state index >= 15 is 0 Å². The molecule has 1 fully saturated rings. The molecule has 0 bridgehead atoms. The van der Waals surface area contributed by atoms with Crippen molar-refractivity contribution in [3.05, 3.63) is 48.6 Å². The highest BCUT2D eigenvalue weighted by Gasteiger charge is 2.47. The molecule has 0 aromatic heterocycles. The van der Waals surface area contributed by atoms with Crippen LogP contribution in [-0.2, 0) is 9.53 Å². The van der Waals surface area contributed by atoms with Crippen LogP contribution in [0.15, 0.2) is 48.6 Å². The Hall–Kier alpha value is -1.57. The number of hydrogen-bond acceptors (Lipinski definition) is 2. The first-order chi connectivity index (χ1) is 8.77. The summed E-state index contributed by atoms with van der Waals surface area (Å²) in [5, 5.41) is 0. The number of carbonyl (C=O) groups is 1. The van der Waals surface area contributed by atoms with Gasteiger partial charge in [0.15, 0.2) is 0 Å². The second-order valence-electron chi connectivity index (χ2n) is 5.32. The average molecular weight is 242 g/mol. The van der Waals surface area contributed by atoms with E-state index in [0.717, 1.165) is 0 Å². The molecule has 0 aromatic carbocycles. The molecule has 3 rings (SSSR count). The Morgan fingerprint density at radius 1 is 0.889 bits per heavy atom. The van der Waals surface area contributed by atoms with Gasteiger partial charge >= 0.3 is 5.97 Å². The van der Waals surface area contributed by atoms with Crippen molar-refractivity contribution in [3.8, 4) is 0 Å². The highest BCUT2D eigenvalue weighted by Crippen LogP contribution is 2.51. The van der Waals surface area contributed by atoms with Gasteiger partial charge in [-0.05, 0) is 23.7 Å². The quantitative estimate of drug-likeness (QED) is 0.696. The lowest BCUT2D eigenvalue weighted by atomic mass is 9.83. The lowest BCUT2D eigenvalue weighted by Gasteiger charge is -2.23. The highest BCUT2D eigenvalue weighted by atomic mass is 16.5. The van der Waals surface area contributed by atoms with Gasteiger partial charge in [-0.25, -0.2) is 0 Å². The van der Waals surface area contributed by atoms with E-state index in [2.05, 4.69) is 48.6 Å². The first kappa shape index (κ1) is 11.5. The second-order valence-corrected chi connectivity index (χ2v) is 5.32. The lowest BCUT2D eigenvalue weighted by molar-refractivity contribution is -0.142. The summed E-state index contributed by atoms with van der Waals surface area (Å²) < 4.78 is 5.27. The first-order valence-corrected chi connectivity index (χ1v) is 6.61. The van der Waals surface area contributed by atoms with Crippen LogP contribution in [0.25, 0.3) is 0 Å². The Bertz CT molecular complexity index is 422. The van der Waals surface area contributed by atoms with Crippen LogP contribution in [0.5, 0.6) is 0 Å². The molecule has 2 heteroatoms. The molecule has 1 saturated carbocycles. The van der Waals surface area contributed by atoms with Gasteiger partial charge in [-0.1, -0.05) is 48.6 Å². The Balaban J connectivity index is 1.85. The molecule has 0 radical (unpaired) electrons. The molecule has 0 N–H and O–H groups in total. The van der Waals surface area contributed by atoms with Crippen molar-refractivity contribution in [2.45, 2.75) is 6.92 Å². The van der Waals surface area contributed by atoms with Gasteiger partial charge in [0, 0.05) is 12.8 Å². The van der Waals surface area contributed by atoms with Gasteiger partial charge in [-0.3, -0.25) is 4.79 Å². The highest BCUT2D eigenvalue weighted by molar-refractivity contribution is 5.65. The van der Waals surface area contributed by atoms with Gasteiger partial charge < -0.3 is 4.74 Å². The van der Waals surface area contributed by atoms with E-state index in [1.54, 1.807) is 0 Å². The fourth-order valence-electron chi connectivity index (χ4n) is 3.60. The smallest absolute Gasteiger partial charge is 0.302 e. The molecule has 0 spiro atoms. The van der Waals surface area contributed by atoms with Crippen LogP contribution >= 0.6 is 0 Å². The molecule has 0 heterocycles. The molecule has 94 valence electrons. The maximum atomic E-state index is 11.0. The Kier molecular flexibility index (Phi) is 2.94. The largest absolute Gasteiger partial charge is 0.466 e. The van der Waals surface area contributed by atoms with Crippen LogP contribution in [0.3, 0.4) is 0 Å². The molecule has 2 nitrogen and oxygen atoms in total. The summed E-state index contributed by atoms with van der Waals surface area (Å²) in [7, 11) is 0. The van der Waals surface area contributed by atoms with Gasteiger partial charge in [0.25, 0.3) is 0 Å². The van der Waals surface area contributed by atoms with Gasteiger partial charge in [0.05, 0.1) is 6.61 Å². The van der Waals surface area contributed by atoms with Gasteiger partial charge in [-0.2, -0.15) is 0 Å². The Morgan fingerprint density at radius 3 is 1.78 bits per heavy atom. The lowest BCUT2D eigenvalue weighted by Crippen LogP contribution is -2.22. The van der Waals surface area contributed by atoms with E-state index in [9.17, 15) is 4.79 Å². The van der Waals surface area contributed by atoms with Crippen molar-refractivity contribution in [1.29, 1.82) is 0 Å². The molecule has 4 atom stereocenters. The zero-order valence-corrected chi connectivity index (χ0v) is 10.5. The first-order valence-electron chi connectivity index (χ1n) is 6.61. The van der Waals surface area contributed by atoms with Crippen molar-refractivity contribution in [3.63, 3.8) is 0 Å². The number of fused-ring (bicyclic) bond motifs is 3. The second kappa shape index (κ2) is 4.60. The summed E-state index contributed by atoms with van der Waals surface area (Å²) in [6, 6.07) is 0. The van der Waals surface area contributed by atoms with Crippen LogP contribution < -0.4 is 0 Å². The van der Waals surface area contributed by atoms with Gasteiger partial charge in [-0.15, -0.1) is 0 Å². The third-order valence-electron chi connectivity index (χ3n) is 4.36. The molecular weight excluding hydrogens is 224 g/mol. The van der Waals surface area contributed by atoms with E-state index in [1.165, 1.54) is 6.92 Å². The SMILES string of the molecule is CC(=O)OCC1C2C=CC=CC2C2C=CC=CC21. The number of ether oxygens (including phenoxy) is 1. The standard InChI is InChI=1S/C16H18O2/c1-11(17)18-10-16-14-8-4-2-6-12(14)13-7-3-5-9-15(13)16/h2-9,12-16H,10H2,1H3. The van der Waals surface area contributed by atoms with Gasteiger partial charge in [0.2, 0.25) is 0 Å². The van der Waals surface area contributed by atoms with Gasteiger partial charge in [0.1, 0.15) is 0 Å². The van der Waals surface area contributed by atoms with Crippen LogP contribution in [-0.4, -0.2) is 12.6 Å². The molecule has 0 saturated heterocycles. The monoisotopic (exact) mass is 242 g/mol. The predicted molar refractivity (Wildman–Crippen MR) is 70.6 cm³/mol. The maximum absolute atomic E-state index is 11.0. The minimum absolute atomic E-state index is 0.180. The van der Waals surface area contributed by atoms with E-state index in [4.69, 9.17) is 4.74 Å². The zero-order chi connectivity index (χ0) is 12.5. The van der Waals surface area contributed by atoms with Crippen molar-refractivity contribution < 1.29 is 9.53 Å². The molecule has 3 aliphatic rings. The normalized spacial score (nSPS) is 39.5. The van der Waals surface area contributed by atoms with Crippen molar-refractivity contribution >= 4 is 5.97 Å². The fraction of sp³-hybridized carbons (Fsp3) is 0.438. The molecule has 0 aliphatic heterocycles. The van der Waals surface area contributed by atoms with Crippen LogP contribution in [0.2, 0.25) is 0 Å². The number of carbonyl (C=O) groups excluding carboxylic acids is 1. The topological polar surface area (TPSA) is 26.3 Å². The number of rotatable bonds is 2. The summed E-state index contributed by atoms with van der Waals surface area (Å²) in [6.07, 6.45) is 17.7. The summed E-state index contributed by atoms with van der Waals surface area (Å²) in [5.41, 5.74) is 0. The average Bonchev–Trinajstić information content (AvgIpc) is 2.71. The van der Waals surface area contributed by atoms with E-state index < -0.39 is 0 Å². The summed E-state index contributed by atoms with van der Waals surface area (Å²) >= 11 is 0. The van der Waals surface area contributed by atoms with E-state index in [1.807, 2.05) is 0 Å². The molecule has 4 unspecified atom stereocenters. The summed E-state index contributed by atoms with van der Waals surface area (Å²) in [4.78, 5) is 11.0. The van der Waals surface area contributed by atoms with Crippen molar-refractivity contribution in [1.82, 2.24) is 0 Å². The Labute approximate surface area is 108 Å². The zero-order valence-electron chi connectivity index (χ0n) is 10.5. The molecule has 3 aliphatic carbocycles. The minimum atomic E-state index is -0.180. The van der Waals surface area contributed by atoms with Crippen LogP contribution in [0, 0.1) is 29.6 Å². The number of hydrogen-bond donors (Lipinski definition) is 0. The predicted octanol–water partition coefficient (Wildman–Crippen LogP) is 2.90. The molecule has 0 amide bonds. The summed E-state index contributed by atoms with van der Waals surface area (Å²) in [6.45, 7) is 2.02. The van der Waals surface area contributed by atoms with Crippen molar-refractivity contribution in [2.75, 3.05) is 6.61 Å². The fourth-order valence-corrected chi connectivity index (χ4v) is 3.60. The van der Waals surface area contributed by atoms with Crippen molar-refractivity contribution in [2.24, 2.45) is 29.6 Å². The van der Waals surface area contributed by atoms with E-state index in [0.29, 0.717) is 36.2 Å². The van der Waals surface area contributed by atoms with Crippen LogP contribution in [0.4, 0.5) is 0 Å². The molecular formula is C16H18O2. The third-order valence-corrected chi connectivity index (χ3v) is 4.36. The number of esters is 1. The minimum Gasteiger partial charge on any atom is -0.466 e.